The summed E-state index contributed by atoms with van der Waals surface area (Å²) in [5, 5.41) is -0.284. The molecule has 0 aliphatic carbocycles. The minimum Gasteiger partial charge on any atom is -0.497 e. The topological polar surface area (TPSA) is 75.2 Å². The summed E-state index contributed by atoms with van der Waals surface area (Å²) in [6, 6.07) is 10.3. The van der Waals surface area contributed by atoms with Crippen LogP contribution in [0.5, 0.6) is 11.5 Å². The number of hydrogen-bond donors (Lipinski definition) is 0. The molecule has 1 saturated heterocycles. The molecule has 8 nitrogen and oxygen atoms in total. The maximum atomic E-state index is 16.0. The van der Waals surface area contributed by atoms with E-state index in [-0.39, 0.29) is 29.0 Å². The van der Waals surface area contributed by atoms with Gasteiger partial charge in [0.1, 0.15) is 27.2 Å². The van der Waals surface area contributed by atoms with Gasteiger partial charge in [-0.1, -0.05) is 17.7 Å². The van der Waals surface area contributed by atoms with Gasteiger partial charge >= 0.3 is 0 Å². The SMILES string of the molecule is COc1ccc(CN(c2cccc(F)n2)S(=O)(=O)c2c(C)cc(N3C[C@@H](CN(C)C)[C@@H]3C)c(Cl)c2F)c(OC)c1. The van der Waals surface area contributed by atoms with E-state index in [1.807, 2.05) is 25.9 Å². The maximum Gasteiger partial charge on any atom is 0.269 e. The lowest BCUT2D eigenvalue weighted by Crippen LogP contribution is -2.58. The first-order valence-corrected chi connectivity index (χ1v) is 14.5. The molecule has 1 aromatic heterocycles. The number of nitrogens with zero attached hydrogens (tertiary/aromatic N) is 4. The Labute approximate surface area is 239 Å². The fraction of sp³-hybridized carbons (Fsp3) is 0.393. The summed E-state index contributed by atoms with van der Waals surface area (Å²) < 4.78 is 70.0. The van der Waals surface area contributed by atoms with Gasteiger partial charge in [-0.2, -0.15) is 4.39 Å². The number of methoxy groups -OCH3 is 2. The normalized spacial score (nSPS) is 17.1. The van der Waals surface area contributed by atoms with Crippen molar-refractivity contribution in [3.8, 4) is 11.5 Å². The van der Waals surface area contributed by atoms with Crippen LogP contribution in [0.15, 0.2) is 47.4 Å². The minimum atomic E-state index is -4.63. The van der Waals surface area contributed by atoms with Gasteiger partial charge in [0, 0.05) is 36.7 Å². The molecule has 216 valence electrons. The van der Waals surface area contributed by atoms with Crippen LogP contribution in [0.25, 0.3) is 0 Å². The van der Waals surface area contributed by atoms with Crippen LogP contribution in [0.1, 0.15) is 18.1 Å². The van der Waals surface area contributed by atoms with Gasteiger partial charge in [0.15, 0.2) is 5.82 Å². The van der Waals surface area contributed by atoms with Crippen LogP contribution >= 0.6 is 11.6 Å². The Bertz CT molecular complexity index is 1510. The van der Waals surface area contributed by atoms with Crippen molar-refractivity contribution in [2.45, 2.75) is 31.3 Å². The number of ether oxygens (including phenoxy) is 2. The van der Waals surface area contributed by atoms with E-state index in [0.717, 1.165) is 16.9 Å². The Morgan fingerprint density at radius 1 is 1.12 bits per heavy atom. The van der Waals surface area contributed by atoms with Crippen molar-refractivity contribution >= 4 is 33.1 Å². The third kappa shape index (κ3) is 5.68. The van der Waals surface area contributed by atoms with Crippen LogP contribution in [0, 0.1) is 24.6 Å². The first-order valence-electron chi connectivity index (χ1n) is 12.6. The molecule has 0 saturated carbocycles. The summed E-state index contributed by atoms with van der Waals surface area (Å²) in [6.45, 7) is 4.77. The third-order valence-corrected chi connectivity index (χ3v) is 9.43. The molecule has 0 N–H and O–H groups in total. The highest BCUT2D eigenvalue weighted by Crippen LogP contribution is 2.42. The number of sulfonamides is 1. The van der Waals surface area contributed by atoms with Gasteiger partial charge in [0.2, 0.25) is 5.95 Å². The molecule has 2 heterocycles. The fourth-order valence-corrected chi connectivity index (χ4v) is 6.99. The highest BCUT2D eigenvalue weighted by atomic mass is 35.5. The van der Waals surface area contributed by atoms with Gasteiger partial charge in [-0.3, -0.25) is 0 Å². The average Bonchev–Trinajstić information content (AvgIpc) is 2.91. The zero-order valence-electron chi connectivity index (χ0n) is 23.3. The van der Waals surface area contributed by atoms with E-state index in [9.17, 15) is 12.8 Å². The molecule has 12 heteroatoms. The number of rotatable bonds is 10. The summed E-state index contributed by atoms with van der Waals surface area (Å²) >= 11 is 6.50. The largest absolute Gasteiger partial charge is 0.497 e. The second-order valence-electron chi connectivity index (χ2n) is 10.1. The Morgan fingerprint density at radius 3 is 2.45 bits per heavy atom. The standard InChI is InChI=1S/C28H33ClF2N4O4S/c1-17-12-22(34-15-20(18(34)2)14-33(3)4)26(29)27(31)28(17)40(36,37)35(25-9-7-8-24(30)32-25)16-19-10-11-21(38-5)13-23(19)39-6/h7-13,18,20H,14-16H2,1-6H3/t18-,20+/m0/s1. The number of halogens is 3. The van der Waals surface area contributed by atoms with Crippen LogP contribution in [0.4, 0.5) is 20.3 Å². The monoisotopic (exact) mass is 594 g/mol. The highest BCUT2D eigenvalue weighted by molar-refractivity contribution is 7.92. The fourth-order valence-electron chi connectivity index (χ4n) is 5.00. The Hall–Kier alpha value is -3.15. The summed E-state index contributed by atoms with van der Waals surface area (Å²) in [5.41, 5.74) is 1.04. The lowest BCUT2D eigenvalue weighted by molar-refractivity contribution is 0.231. The molecule has 0 amide bonds. The molecule has 0 radical (unpaired) electrons. The molecule has 0 bridgehead atoms. The number of benzene rings is 2. The molecule has 4 rings (SSSR count). The first-order chi connectivity index (χ1) is 18.9. The third-order valence-electron chi connectivity index (χ3n) is 7.15. The van der Waals surface area contributed by atoms with Gasteiger partial charge in [-0.05, 0) is 63.8 Å². The number of aryl methyl sites for hydroxylation is 1. The number of aromatic nitrogens is 1. The van der Waals surface area contributed by atoms with Crippen molar-refractivity contribution in [2.24, 2.45) is 5.92 Å². The van der Waals surface area contributed by atoms with Crippen molar-refractivity contribution in [1.82, 2.24) is 9.88 Å². The van der Waals surface area contributed by atoms with Crippen molar-refractivity contribution in [3.63, 3.8) is 0 Å². The predicted octanol–water partition coefficient (Wildman–Crippen LogP) is 5.12. The Kier molecular flexibility index (Phi) is 8.77. The van der Waals surface area contributed by atoms with Gasteiger partial charge in [0.25, 0.3) is 10.0 Å². The van der Waals surface area contributed by atoms with Gasteiger partial charge < -0.3 is 19.3 Å². The molecule has 1 aliphatic rings. The maximum absolute atomic E-state index is 16.0. The van der Waals surface area contributed by atoms with E-state index in [1.165, 1.54) is 33.3 Å². The molecule has 0 spiro atoms. The lowest BCUT2D eigenvalue weighted by Gasteiger charge is -2.49. The van der Waals surface area contributed by atoms with Crippen molar-refractivity contribution in [1.29, 1.82) is 0 Å². The van der Waals surface area contributed by atoms with Crippen LogP contribution < -0.4 is 18.7 Å². The molecule has 1 aliphatic heterocycles. The minimum absolute atomic E-state index is 0.0942. The average molecular weight is 595 g/mol. The van der Waals surface area contributed by atoms with Gasteiger partial charge in [-0.25, -0.2) is 22.1 Å². The molecule has 40 heavy (non-hydrogen) atoms. The van der Waals surface area contributed by atoms with E-state index in [4.69, 9.17) is 21.1 Å². The lowest BCUT2D eigenvalue weighted by atomic mass is 9.88. The molecule has 1 fully saturated rings. The van der Waals surface area contributed by atoms with Crippen molar-refractivity contribution in [2.75, 3.05) is 50.6 Å². The van der Waals surface area contributed by atoms with Crippen LogP contribution in [-0.4, -0.2) is 65.7 Å². The van der Waals surface area contributed by atoms with Gasteiger partial charge in [0.05, 0.1) is 26.5 Å². The van der Waals surface area contributed by atoms with E-state index in [2.05, 4.69) is 9.88 Å². The second-order valence-corrected chi connectivity index (χ2v) is 12.3. The van der Waals surface area contributed by atoms with Gasteiger partial charge in [-0.15, -0.1) is 0 Å². The molecule has 2 atom stereocenters. The van der Waals surface area contributed by atoms with Crippen molar-refractivity contribution < 1.29 is 26.7 Å². The van der Waals surface area contributed by atoms with E-state index < -0.39 is 26.7 Å². The first kappa shape index (κ1) is 29.8. The summed E-state index contributed by atoms with van der Waals surface area (Å²) in [7, 11) is 2.27. The smallest absolute Gasteiger partial charge is 0.269 e. The van der Waals surface area contributed by atoms with Crippen LogP contribution in [0.3, 0.4) is 0 Å². The number of hydrogen-bond acceptors (Lipinski definition) is 7. The number of anilines is 2. The van der Waals surface area contributed by atoms with E-state index in [1.54, 1.807) is 24.3 Å². The van der Waals surface area contributed by atoms with Crippen LogP contribution in [0.2, 0.25) is 5.02 Å². The summed E-state index contributed by atoms with van der Waals surface area (Å²) in [6.07, 6.45) is 0. The van der Waals surface area contributed by atoms with Crippen LogP contribution in [-0.2, 0) is 16.6 Å². The summed E-state index contributed by atoms with van der Waals surface area (Å²) in [4.78, 5) is 7.25. The highest BCUT2D eigenvalue weighted by Gasteiger charge is 2.39. The summed E-state index contributed by atoms with van der Waals surface area (Å²) in [5.74, 6) is -0.976. The molecular weight excluding hydrogens is 562 g/mol. The Morgan fingerprint density at radius 2 is 1.85 bits per heavy atom. The second kappa shape index (κ2) is 11.8. The van der Waals surface area contributed by atoms with E-state index in [0.29, 0.717) is 35.2 Å². The zero-order chi connectivity index (χ0) is 29.4. The van der Waals surface area contributed by atoms with Crippen molar-refractivity contribution in [3.05, 3.63) is 70.4 Å². The Balaban J connectivity index is 1.79. The van der Waals surface area contributed by atoms with E-state index >= 15 is 4.39 Å². The molecular formula is C28H33ClF2N4O4S. The molecule has 2 aromatic carbocycles. The molecule has 0 unspecified atom stereocenters. The predicted molar refractivity (Wildman–Crippen MR) is 152 cm³/mol. The number of pyridine rings is 1. The zero-order valence-corrected chi connectivity index (χ0v) is 24.9. The quantitative estimate of drug-likeness (QED) is 0.302. The molecule has 3 aromatic rings.